The highest BCUT2D eigenvalue weighted by molar-refractivity contribution is 5.74. The Hall–Kier alpha value is -1.71. The monoisotopic (exact) mass is 292 g/mol. The average Bonchev–Trinajstić information content (AvgIpc) is 2.77. The molecule has 0 aromatic heterocycles. The second-order valence-electron chi connectivity index (χ2n) is 5.93. The van der Waals surface area contributed by atoms with Crippen LogP contribution in [-0.4, -0.2) is 22.3 Å². The van der Waals surface area contributed by atoms with Crippen LogP contribution in [0, 0.1) is 5.92 Å². The van der Waals surface area contributed by atoms with E-state index < -0.39 is 0 Å². The lowest BCUT2D eigenvalue weighted by Crippen LogP contribution is -2.06. The van der Waals surface area contributed by atoms with Crippen molar-refractivity contribution in [2.24, 2.45) is 5.92 Å². The second kappa shape index (κ2) is 7.34. The average molecular weight is 292 g/mol. The first-order chi connectivity index (χ1) is 10.1. The van der Waals surface area contributed by atoms with Gasteiger partial charge in [-0.25, -0.2) is 0 Å². The maximum absolute atomic E-state index is 11.3. The number of benzene rings is 1. The lowest BCUT2D eigenvalue weighted by Gasteiger charge is -2.09. The van der Waals surface area contributed by atoms with Crippen LogP contribution in [0.2, 0.25) is 0 Å². The van der Waals surface area contributed by atoms with Gasteiger partial charge >= 0.3 is 5.97 Å². The van der Waals surface area contributed by atoms with Crippen molar-refractivity contribution in [2.75, 3.05) is 0 Å². The summed E-state index contributed by atoms with van der Waals surface area (Å²) in [6, 6.07) is 5.08. The molecule has 1 heterocycles. The highest BCUT2D eigenvalue weighted by Gasteiger charge is 2.30. The number of phenols is 2. The third kappa shape index (κ3) is 4.38. The third-order valence-electron chi connectivity index (χ3n) is 4.12. The maximum atomic E-state index is 11.3. The number of unbranched alkanes of at least 4 members (excludes halogenated alkanes) is 3. The first-order valence-corrected chi connectivity index (χ1v) is 7.78. The Morgan fingerprint density at radius 3 is 2.67 bits per heavy atom. The second-order valence-corrected chi connectivity index (χ2v) is 5.93. The van der Waals surface area contributed by atoms with Gasteiger partial charge in [0.25, 0.3) is 0 Å². The van der Waals surface area contributed by atoms with Crippen molar-refractivity contribution in [3.05, 3.63) is 23.8 Å². The number of aryl methyl sites for hydroxylation is 1. The van der Waals surface area contributed by atoms with E-state index >= 15 is 0 Å². The summed E-state index contributed by atoms with van der Waals surface area (Å²) in [5.74, 6) is -0.0443. The quantitative estimate of drug-likeness (QED) is 0.458. The van der Waals surface area contributed by atoms with Crippen LogP contribution in [0.1, 0.15) is 51.0 Å². The summed E-state index contributed by atoms with van der Waals surface area (Å²) in [6.45, 7) is 1.92. The number of ether oxygens (including phenoxy) is 1. The number of phenolic OH excluding ortho intramolecular Hbond substituents is 2. The summed E-state index contributed by atoms with van der Waals surface area (Å²) in [7, 11) is 0. The molecule has 1 aromatic rings. The molecular formula is C17H24O4. The number of carbonyl (C=O) groups is 1. The first-order valence-electron chi connectivity index (χ1n) is 7.78. The molecule has 4 heteroatoms. The summed E-state index contributed by atoms with van der Waals surface area (Å²) >= 11 is 0. The summed E-state index contributed by atoms with van der Waals surface area (Å²) in [5, 5.41) is 19.1. The van der Waals surface area contributed by atoms with E-state index in [2.05, 4.69) is 0 Å². The number of cyclic esters (lactones) is 1. The molecule has 0 amide bonds. The van der Waals surface area contributed by atoms with Crippen LogP contribution < -0.4 is 0 Å². The molecule has 2 N–H and O–H groups in total. The number of aromatic hydroxyl groups is 2. The number of rotatable bonds is 7. The normalized spacial score (nSPS) is 21.5. The van der Waals surface area contributed by atoms with Crippen molar-refractivity contribution in [1.29, 1.82) is 0 Å². The van der Waals surface area contributed by atoms with Gasteiger partial charge in [0.2, 0.25) is 0 Å². The fourth-order valence-electron chi connectivity index (χ4n) is 2.82. The number of hydrogen-bond acceptors (Lipinski definition) is 4. The van der Waals surface area contributed by atoms with Crippen molar-refractivity contribution in [1.82, 2.24) is 0 Å². The minimum absolute atomic E-state index is 0.00403. The molecule has 0 spiro atoms. The van der Waals surface area contributed by atoms with Crippen molar-refractivity contribution < 1.29 is 19.7 Å². The van der Waals surface area contributed by atoms with Crippen LogP contribution in [0.3, 0.4) is 0 Å². The zero-order chi connectivity index (χ0) is 15.2. The van der Waals surface area contributed by atoms with Crippen molar-refractivity contribution in [3.63, 3.8) is 0 Å². The third-order valence-corrected chi connectivity index (χ3v) is 4.12. The van der Waals surface area contributed by atoms with E-state index in [4.69, 9.17) is 4.74 Å². The molecule has 1 aliphatic rings. The van der Waals surface area contributed by atoms with Gasteiger partial charge in [0.1, 0.15) is 6.10 Å². The number of carbonyl (C=O) groups excluding carboxylic acids is 1. The van der Waals surface area contributed by atoms with Crippen molar-refractivity contribution in [3.8, 4) is 11.5 Å². The molecule has 1 aliphatic heterocycles. The van der Waals surface area contributed by atoms with Gasteiger partial charge in [-0.2, -0.15) is 0 Å². The smallest absolute Gasteiger partial charge is 0.309 e. The van der Waals surface area contributed by atoms with Gasteiger partial charge in [-0.15, -0.1) is 0 Å². The molecule has 1 aromatic carbocycles. The van der Waals surface area contributed by atoms with Crippen LogP contribution in [-0.2, 0) is 16.0 Å². The predicted molar refractivity (Wildman–Crippen MR) is 80.2 cm³/mol. The Morgan fingerprint density at radius 2 is 1.95 bits per heavy atom. The predicted octanol–water partition coefficient (Wildman–Crippen LogP) is 3.54. The molecule has 1 saturated heterocycles. The Balaban J connectivity index is 1.58. The van der Waals surface area contributed by atoms with Gasteiger partial charge in [-0.05, 0) is 43.7 Å². The van der Waals surface area contributed by atoms with Gasteiger partial charge in [0.15, 0.2) is 11.5 Å². The number of para-hydroxylation sites is 1. The van der Waals surface area contributed by atoms with Crippen LogP contribution in [0.15, 0.2) is 18.2 Å². The molecular weight excluding hydrogens is 268 g/mol. The summed E-state index contributed by atoms with van der Waals surface area (Å²) < 4.78 is 5.28. The van der Waals surface area contributed by atoms with E-state index in [0.29, 0.717) is 0 Å². The molecule has 4 nitrogen and oxygen atoms in total. The molecule has 0 aliphatic carbocycles. The van der Waals surface area contributed by atoms with E-state index in [1.54, 1.807) is 6.07 Å². The molecule has 116 valence electrons. The zero-order valence-corrected chi connectivity index (χ0v) is 12.5. The molecule has 0 unspecified atom stereocenters. The van der Waals surface area contributed by atoms with E-state index in [1.165, 1.54) is 6.07 Å². The summed E-state index contributed by atoms with van der Waals surface area (Å²) in [4.78, 5) is 11.3. The minimum atomic E-state index is -0.0561. The summed E-state index contributed by atoms with van der Waals surface area (Å²) in [6.07, 6.45) is 6.92. The minimum Gasteiger partial charge on any atom is -0.504 e. The Bertz CT molecular complexity index is 484. The number of hydrogen-bond donors (Lipinski definition) is 2. The lowest BCUT2D eigenvalue weighted by atomic mass is 10.0. The van der Waals surface area contributed by atoms with Gasteiger partial charge < -0.3 is 14.9 Å². The molecule has 21 heavy (non-hydrogen) atoms. The Morgan fingerprint density at radius 1 is 1.19 bits per heavy atom. The molecule has 2 atom stereocenters. The standard InChI is InChI=1S/C17H24O4/c1-12-11-14(21-17(12)20)9-5-3-2-4-7-13-8-6-10-15(18)16(13)19/h6,8,10,12,14,18-19H,2-5,7,9,11H2,1H3/t12-,14-/m1/s1. The van der Waals surface area contributed by atoms with Gasteiger partial charge in [0, 0.05) is 0 Å². The molecule has 0 radical (unpaired) electrons. The van der Waals surface area contributed by atoms with E-state index in [9.17, 15) is 15.0 Å². The highest BCUT2D eigenvalue weighted by Crippen LogP contribution is 2.29. The topological polar surface area (TPSA) is 66.8 Å². The van der Waals surface area contributed by atoms with Crippen molar-refractivity contribution >= 4 is 5.97 Å². The fraction of sp³-hybridized carbons (Fsp3) is 0.588. The largest absolute Gasteiger partial charge is 0.504 e. The van der Waals surface area contributed by atoms with E-state index in [-0.39, 0.29) is 29.5 Å². The van der Waals surface area contributed by atoms with Crippen LogP contribution >= 0.6 is 0 Å². The van der Waals surface area contributed by atoms with Gasteiger partial charge in [0.05, 0.1) is 5.92 Å². The SMILES string of the molecule is C[C@@H]1C[C@@H](CCCCCCc2cccc(O)c2O)OC1=O. The highest BCUT2D eigenvalue weighted by atomic mass is 16.5. The van der Waals surface area contributed by atoms with Crippen LogP contribution in [0.5, 0.6) is 11.5 Å². The summed E-state index contributed by atoms with van der Waals surface area (Å²) in [5.41, 5.74) is 0.800. The molecule has 2 rings (SSSR count). The molecule has 0 saturated carbocycles. The van der Waals surface area contributed by atoms with Crippen LogP contribution in [0.25, 0.3) is 0 Å². The van der Waals surface area contributed by atoms with Gasteiger partial charge in [-0.3, -0.25) is 4.79 Å². The first kappa shape index (κ1) is 15.7. The van der Waals surface area contributed by atoms with Crippen molar-refractivity contribution in [2.45, 2.75) is 58.0 Å². The van der Waals surface area contributed by atoms with Gasteiger partial charge in [-0.1, -0.05) is 31.9 Å². The molecule has 1 fully saturated rings. The van der Waals surface area contributed by atoms with E-state index in [0.717, 1.165) is 50.5 Å². The molecule has 0 bridgehead atoms. The van der Waals surface area contributed by atoms with Crippen LogP contribution in [0.4, 0.5) is 0 Å². The zero-order valence-electron chi connectivity index (χ0n) is 12.5. The van der Waals surface area contributed by atoms with E-state index in [1.807, 2.05) is 13.0 Å². The lowest BCUT2D eigenvalue weighted by molar-refractivity contribution is -0.144. The maximum Gasteiger partial charge on any atom is 0.309 e. The Kier molecular flexibility index (Phi) is 5.48. The number of esters is 1. The Labute approximate surface area is 125 Å². The fourth-order valence-corrected chi connectivity index (χ4v) is 2.82.